The van der Waals surface area contributed by atoms with E-state index in [1.54, 1.807) is 27.4 Å². The lowest BCUT2D eigenvalue weighted by atomic mass is 10.1. The van der Waals surface area contributed by atoms with Crippen molar-refractivity contribution < 1.29 is 19.0 Å². The first-order chi connectivity index (χ1) is 17.0. The van der Waals surface area contributed by atoms with E-state index in [0.29, 0.717) is 22.9 Å². The molecule has 0 saturated carbocycles. The molecule has 0 aliphatic rings. The van der Waals surface area contributed by atoms with Gasteiger partial charge in [0.1, 0.15) is 0 Å². The number of para-hydroxylation sites is 2. The molecule has 4 aromatic rings. The zero-order valence-corrected chi connectivity index (χ0v) is 20.2. The van der Waals surface area contributed by atoms with Gasteiger partial charge in [0.2, 0.25) is 11.7 Å². The van der Waals surface area contributed by atoms with E-state index < -0.39 is 0 Å². The monoisotopic (exact) mass is 468 g/mol. The van der Waals surface area contributed by atoms with Gasteiger partial charge in [0.25, 0.3) is 0 Å². The van der Waals surface area contributed by atoms with Gasteiger partial charge in [-0.15, -0.1) is 0 Å². The first-order valence-electron chi connectivity index (χ1n) is 11.1. The molecule has 35 heavy (non-hydrogen) atoms. The van der Waals surface area contributed by atoms with Gasteiger partial charge in [0.15, 0.2) is 11.5 Å². The summed E-state index contributed by atoms with van der Waals surface area (Å²) in [4.78, 5) is 12.7. The molecule has 6 nitrogen and oxygen atoms in total. The normalized spacial score (nSPS) is 11.3. The number of nitrogens with one attached hydrogen (secondary N) is 1. The van der Waals surface area contributed by atoms with Gasteiger partial charge in [-0.1, -0.05) is 48.6 Å². The van der Waals surface area contributed by atoms with Crippen LogP contribution in [0.15, 0.2) is 72.9 Å². The van der Waals surface area contributed by atoms with Crippen LogP contribution in [-0.4, -0.2) is 31.8 Å². The van der Waals surface area contributed by atoms with Gasteiger partial charge in [0, 0.05) is 41.5 Å². The highest BCUT2D eigenvalue weighted by Gasteiger charge is 2.12. The number of carbonyl (C=O) groups is 1. The highest BCUT2D eigenvalue weighted by molar-refractivity contribution is 6.04. The molecule has 178 valence electrons. The van der Waals surface area contributed by atoms with Gasteiger partial charge in [-0.3, -0.25) is 4.79 Å². The van der Waals surface area contributed by atoms with Crippen LogP contribution in [0.3, 0.4) is 0 Å². The minimum absolute atomic E-state index is 0.202. The maximum Gasteiger partial charge on any atom is 0.248 e. The van der Waals surface area contributed by atoms with Crippen molar-refractivity contribution in [3.05, 3.63) is 89.6 Å². The lowest BCUT2D eigenvalue weighted by Gasteiger charge is -2.13. The van der Waals surface area contributed by atoms with Gasteiger partial charge in [-0.25, -0.2) is 0 Å². The molecule has 0 radical (unpaired) electrons. The molecular formula is C29H28N2O4. The molecule has 4 rings (SSSR count). The zero-order valence-electron chi connectivity index (χ0n) is 20.2. The minimum atomic E-state index is -0.202. The Morgan fingerprint density at radius 2 is 1.51 bits per heavy atom. The quantitative estimate of drug-likeness (QED) is 0.253. The van der Waals surface area contributed by atoms with Crippen molar-refractivity contribution in [3.8, 4) is 17.2 Å². The highest BCUT2D eigenvalue weighted by Crippen LogP contribution is 2.38. The van der Waals surface area contributed by atoms with E-state index in [0.717, 1.165) is 27.6 Å². The summed E-state index contributed by atoms with van der Waals surface area (Å²) in [7, 11) is 6.74. The number of rotatable bonds is 8. The van der Waals surface area contributed by atoms with Gasteiger partial charge in [-0.2, -0.15) is 0 Å². The van der Waals surface area contributed by atoms with Crippen molar-refractivity contribution in [1.29, 1.82) is 0 Å². The molecule has 0 unspecified atom stereocenters. The van der Waals surface area contributed by atoms with Gasteiger partial charge in [-0.05, 0) is 41.5 Å². The lowest BCUT2D eigenvalue weighted by Crippen LogP contribution is -2.08. The summed E-state index contributed by atoms with van der Waals surface area (Å²) in [6.45, 7) is 0. The highest BCUT2D eigenvalue weighted by atomic mass is 16.5. The number of anilines is 1. The molecule has 0 fully saturated rings. The van der Waals surface area contributed by atoms with Crippen molar-refractivity contribution in [3.63, 3.8) is 0 Å². The third-order valence-electron chi connectivity index (χ3n) is 5.70. The second kappa shape index (κ2) is 10.7. The first kappa shape index (κ1) is 23.7. The number of fused-ring (bicyclic) bond motifs is 1. The molecular weight excluding hydrogens is 440 g/mol. The van der Waals surface area contributed by atoms with Crippen molar-refractivity contribution in [2.75, 3.05) is 26.6 Å². The molecule has 0 aliphatic heterocycles. The largest absolute Gasteiger partial charge is 0.493 e. The third-order valence-corrected chi connectivity index (χ3v) is 5.70. The maximum atomic E-state index is 12.7. The summed E-state index contributed by atoms with van der Waals surface area (Å²) in [6, 6.07) is 19.5. The van der Waals surface area contributed by atoms with Crippen LogP contribution in [0.4, 0.5) is 5.69 Å². The summed E-state index contributed by atoms with van der Waals surface area (Å²) in [6.07, 6.45) is 9.28. The first-order valence-corrected chi connectivity index (χ1v) is 11.1. The molecule has 0 bridgehead atoms. The Hall–Kier alpha value is -4.45. The smallest absolute Gasteiger partial charge is 0.248 e. The van der Waals surface area contributed by atoms with Crippen molar-refractivity contribution in [1.82, 2.24) is 4.57 Å². The number of ether oxygens (including phenoxy) is 3. The average molecular weight is 469 g/mol. The Bertz CT molecular complexity index is 1390. The number of carbonyl (C=O) groups excluding carboxylic acids is 1. The van der Waals surface area contributed by atoms with Crippen LogP contribution < -0.4 is 19.5 Å². The fraction of sp³-hybridized carbons (Fsp3) is 0.138. The number of nitrogens with zero attached hydrogens (tertiary/aromatic N) is 1. The van der Waals surface area contributed by atoms with Gasteiger partial charge in [0.05, 0.1) is 21.3 Å². The van der Waals surface area contributed by atoms with E-state index in [4.69, 9.17) is 14.2 Å². The van der Waals surface area contributed by atoms with E-state index in [-0.39, 0.29) is 5.91 Å². The van der Waals surface area contributed by atoms with Crippen molar-refractivity contribution in [2.45, 2.75) is 0 Å². The summed E-state index contributed by atoms with van der Waals surface area (Å²) < 4.78 is 18.3. The van der Waals surface area contributed by atoms with E-state index >= 15 is 0 Å². The number of amides is 1. The van der Waals surface area contributed by atoms with E-state index in [1.165, 1.54) is 0 Å². The summed E-state index contributed by atoms with van der Waals surface area (Å²) in [5.74, 6) is 1.49. The number of benzene rings is 3. The fourth-order valence-corrected chi connectivity index (χ4v) is 3.99. The second-order valence-corrected chi connectivity index (χ2v) is 7.91. The third kappa shape index (κ3) is 5.22. The fourth-order valence-electron chi connectivity index (χ4n) is 3.99. The molecule has 1 N–H and O–H groups in total. The topological polar surface area (TPSA) is 61.7 Å². The Balaban J connectivity index is 1.54. The molecule has 0 aliphatic carbocycles. The van der Waals surface area contributed by atoms with Crippen LogP contribution in [0, 0.1) is 0 Å². The Labute approximate surface area is 205 Å². The van der Waals surface area contributed by atoms with Crippen molar-refractivity contribution in [2.24, 2.45) is 7.05 Å². The number of methoxy groups -OCH3 is 3. The van der Waals surface area contributed by atoms with E-state index in [2.05, 4.69) is 22.0 Å². The summed E-state index contributed by atoms with van der Waals surface area (Å²) in [5.41, 5.74) is 4.57. The Morgan fingerprint density at radius 1 is 0.829 bits per heavy atom. The minimum Gasteiger partial charge on any atom is -0.493 e. The van der Waals surface area contributed by atoms with E-state index in [1.807, 2.05) is 80.0 Å². The predicted octanol–water partition coefficient (Wildman–Crippen LogP) is 6.03. The molecule has 0 atom stereocenters. The second-order valence-electron chi connectivity index (χ2n) is 7.91. The maximum absolute atomic E-state index is 12.7. The number of hydrogen-bond donors (Lipinski definition) is 1. The molecule has 1 amide bonds. The van der Waals surface area contributed by atoms with Crippen LogP contribution in [-0.2, 0) is 11.8 Å². The molecule has 1 aromatic heterocycles. The van der Waals surface area contributed by atoms with E-state index in [9.17, 15) is 4.79 Å². The van der Waals surface area contributed by atoms with Crippen LogP contribution in [0.2, 0.25) is 0 Å². The summed E-state index contributed by atoms with van der Waals surface area (Å²) >= 11 is 0. The number of aromatic nitrogens is 1. The zero-order chi connectivity index (χ0) is 24.8. The standard InChI is InChI=1S/C29H28N2O4/c1-31-19-22(23-10-6-8-12-25(23)31)15-16-28(32)30-24-11-7-5-9-21(24)14-13-20-17-26(33-2)29(35-4)27(18-20)34-3/h5-19H,1-4H3,(H,30,32)/b14-13?,16-15+. The SMILES string of the molecule is COc1cc(C=Cc2ccccc2NC(=O)/C=C/c2cn(C)c3ccccc23)cc(OC)c1OC. The van der Waals surface area contributed by atoms with Crippen LogP contribution >= 0.6 is 0 Å². The lowest BCUT2D eigenvalue weighted by molar-refractivity contribution is -0.111. The molecule has 1 heterocycles. The van der Waals surface area contributed by atoms with Crippen molar-refractivity contribution >= 4 is 40.7 Å². The number of hydrogen-bond acceptors (Lipinski definition) is 4. The van der Waals surface area contributed by atoms with Crippen LogP contribution in [0.1, 0.15) is 16.7 Å². The van der Waals surface area contributed by atoms with Crippen LogP contribution in [0.5, 0.6) is 17.2 Å². The van der Waals surface area contributed by atoms with Crippen LogP contribution in [0.25, 0.3) is 29.1 Å². The molecule has 0 spiro atoms. The number of aryl methyl sites for hydroxylation is 1. The molecule has 6 heteroatoms. The predicted molar refractivity (Wildman–Crippen MR) is 142 cm³/mol. The Morgan fingerprint density at radius 3 is 2.23 bits per heavy atom. The average Bonchev–Trinajstić information content (AvgIpc) is 3.21. The van der Waals surface area contributed by atoms with Gasteiger partial charge < -0.3 is 24.1 Å². The van der Waals surface area contributed by atoms with Gasteiger partial charge >= 0.3 is 0 Å². The summed E-state index contributed by atoms with van der Waals surface area (Å²) in [5, 5.41) is 4.09. The Kier molecular flexibility index (Phi) is 7.21. The molecule has 0 saturated heterocycles. The molecule has 3 aromatic carbocycles.